The molecule has 0 aliphatic heterocycles. The second-order valence-electron chi connectivity index (χ2n) is 6.05. The average molecular weight is 358 g/mol. The molecule has 0 saturated heterocycles. The molecule has 132 valence electrons. The third-order valence-electron chi connectivity index (χ3n) is 4.26. The summed E-state index contributed by atoms with van der Waals surface area (Å²) in [5.41, 5.74) is 3.03. The fourth-order valence-electron chi connectivity index (χ4n) is 2.92. The Labute approximate surface area is 150 Å². The van der Waals surface area contributed by atoms with Gasteiger partial charge in [-0.15, -0.1) is 0 Å². The third-order valence-corrected chi connectivity index (χ3v) is 5.15. The quantitative estimate of drug-likeness (QED) is 0.660. The number of amides is 1. The van der Waals surface area contributed by atoms with Crippen LogP contribution in [0.25, 0.3) is 11.0 Å². The van der Waals surface area contributed by atoms with Crippen molar-refractivity contribution in [2.75, 3.05) is 6.54 Å². The van der Waals surface area contributed by atoms with Gasteiger partial charge in [0, 0.05) is 37.1 Å². The normalized spacial score (nSPS) is 11.1. The fraction of sp³-hybridized carbons (Fsp3) is 0.389. The maximum absolute atomic E-state index is 12.0. The van der Waals surface area contributed by atoms with Crippen molar-refractivity contribution in [2.24, 2.45) is 0 Å². The van der Waals surface area contributed by atoms with Crippen LogP contribution in [-0.4, -0.2) is 26.6 Å². The molecule has 2 heterocycles. The zero-order chi connectivity index (χ0) is 17.8. The maximum Gasteiger partial charge on any atom is 0.307 e. The Balaban J connectivity index is 1.46. The second-order valence-corrected chi connectivity index (χ2v) is 6.87. The highest BCUT2D eigenvalue weighted by atomic mass is 32.1. The number of rotatable bonds is 7. The molecule has 1 aromatic carbocycles. The van der Waals surface area contributed by atoms with E-state index in [9.17, 15) is 9.59 Å². The van der Waals surface area contributed by atoms with E-state index < -0.39 is 0 Å². The second kappa shape index (κ2) is 7.65. The van der Waals surface area contributed by atoms with Crippen molar-refractivity contribution in [3.63, 3.8) is 0 Å². The standard InChI is InChI=1S/C18H22N4O2S/c1-13-12-25-18(24)21(13)11-8-17(23)19-9-5-10-22-14(2)20-15-6-3-4-7-16(15)22/h3-4,6-7,12H,5,8-11H2,1-2H3,(H,19,23). The third kappa shape index (κ3) is 3.99. The van der Waals surface area contributed by atoms with Gasteiger partial charge in [0.15, 0.2) is 0 Å². The molecule has 6 nitrogen and oxygen atoms in total. The lowest BCUT2D eigenvalue weighted by Gasteiger charge is -2.09. The first kappa shape index (κ1) is 17.4. The van der Waals surface area contributed by atoms with E-state index in [0.29, 0.717) is 19.5 Å². The molecule has 3 rings (SSSR count). The number of nitrogens with one attached hydrogen (secondary N) is 1. The summed E-state index contributed by atoms with van der Waals surface area (Å²) in [5.74, 6) is 0.963. The molecule has 0 aliphatic rings. The SMILES string of the molecule is Cc1csc(=O)n1CCC(=O)NCCCn1c(C)nc2ccccc21. The molecule has 0 bridgehead atoms. The number of benzene rings is 1. The van der Waals surface area contributed by atoms with Crippen LogP contribution < -0.4 is 10.2 Å². The summed E-state index contributed by atoms with van der Waals surface area (Å²) in [7, 11) is 0. The molecule has 0 atom stereocenters. The van der Waals surface area contributed by atoms with Crippen molar-refractivity contribution < 1.29 is 4.79 Å². The number of carbonyl (C=O) groups excluding carboxylic acids is 1. The summed E-state index contributed by atoms with van der Waals surface area (Å²) in [6, 6.07) is 8.07. The van der Waals surface area contributed by atoms with Gasteiger partial charge in [-0.05, 0) is 32.4 Å². The van der Waals surface area contributed by atoms with Gasteiger partial charge < -0.3 is 14.5 Å². The maximum atomic E-state index is 12.0. The van der Waals surface area contributed by atoms with E-state index in [1.54, 1.807) is 4.57 Å². The van der Waals surface area contributed by atoms with Crippen LogP contribution in [0.4, 0.5) is 0 Å². The summed E-state index contributed by atoms with van der Waals surface area (Å²) >= 11 is 1.17. The zero-order valence-electron chi connectivity index (χ0n) is 14.5. The minimum Gasteiger partial charge on any atom is -0.356 e. The van der Waals surface area contributed by atoms with Gasteiger partial charge in [-0.25, -0.2) is 4.98 Å². The minimum absolute atomic E-state index is 0.00670. The van der Waals surface area contributed by atoms with Gasteiger partial charge in [0.2, 0.25) is 5.91 Å². The average Bonchev–Trinajstić information content (AvgIpc) is 3.09. The molecule has 0 spiro atoms. The van der Waals surface area contributed by atoms with Gasteiger partial charge in [-0.3, -0.25) is 9.59 Å². The molecule has 2 aromatic heterocycles. The highest BCUT2D eigenvalue weighted by Gasteiger charge is 2.08. The highest BCUT2D eigenvalue weighted by Crippen LogP contribution is 2.15. The van der Waals surface area contributed by atoms with Crippen LogP contribution >= 0.6 is 11.3 Å². The van der Waals surface area contributed by atoms with Crippen molar-refractivity contribution in [3.8, 4) is 0 Å². The van der Waals surface area contributed by atoms with E-state index in [0.717, 1.165) is 35.5 Å². The van der Waals surface area contributed by atoms with Crippen LogP contribution in [0.15, 0.2) is 34.4 Å². The van der Waals surface area contributed by atoms with Crippen LogP contribution in [0.5, 0.6) is 0 Å². The van der Waals surface area contributed by atoms with Gasteiger partial charge in [-0.1, -0.05) is 23.5 Å². The summed E-state index contributed by atoms with van der Waals surface area (Å²) in [6.45, 7) is 5.75. The van der Waals surface area contributed by atoms with E-state index in [1.165, 1.54) is 11.3 Å². The number of carbonyl (C=O) groups is 1. The number of aryl methyl sites for hydroxylation is 3. The molecule has 1 N–H and O–H groups in total. The monoisotopic (exact) mass is 358 g/mol. The topological polar surface area (TPSA) is 68.9 Å². The number of fused-ring (bicyclic) bond motifs is 1. The number of para-hydroxylation sites is 2. The van der Waals surface area contributed by atoms with Crippen LogP contribution in [0.2, 0.25) is 0 Å². The molecule has 0 unspecified atom stereocenters. The van der Waals surface area contributed by atoms with Gasteiger partial charge in [-0.2, -0.15) is 0 Å². The van der Waals surface area contributed by atoms with Crippen LogP contribution in [-0.2, 0) is 17.9 Å². The van der Waals surface area contributed by atoms with Crippen molar-refractivity contribution in [2.45, 2.75) is 39.8 Å². The van der Waals surface area contributed by atoms with Crippen LogP contribution in [0.1, 0.15) is 24.4 Å². The lowest BCUT2D eigenvalue weighted by molar-refractivity contribution is -0.121. The first-order valence-corrected chi connectivity index (χ1v) is 9.27. The molecule has 0 fully saturated rings. The highest BCUT2D eigenvalue weighted by molar-refractivity contribution is 7.07. The van der Waals surface area contributed by atoms with Crippen molar-refractivity contribution in [3.05, 3.63) is 50.8 Å². The molecule has 3 aromatic rings. The van der Waals surface area contributed by atoms with E-state index in [4.69, 9.17) is 0 Å². The van der Waals surface area contributed by atoms with Gasteiger partial charge in [0.25, 0.3) is 0 Å². The Morgan fingerprint density at radius 3 is 2.76 bits per heavy atom. The van der Waals surface area contributed by atoms with E-state index in [-0.39, 0.29) is 10.8 Å². The number of nitrogens with zero attached hydrogens (tertiary/aromatic N) is 3. The molecule has 0 aliphatic carbocycles. The first-order valence-electron chi connectivity index (χ1n) is 8.40. The molecule has 7 heteroatoms. The lowest BCUT2D eigenvalue weighted by atomic mass is 10.3. The predicted molar refractivity (Wildman–Crippen MR) is 100 cm³/mol. The number of hydrogen-bond acceptors (Lipinski definition) is 4. The Kier molecular flexibility index (Phi) is 5.33. The van der Waals surface area contributed by atoms with Crippen LogP contribution in [0, 0.1) is 13.8 Å². The molecule has 25 heavy (non-hydrogen) atoms. The first-order chi connectivity index (χ1) is 12.1. The minimum atomic E-state index is -0.0234. The van der Waals surface area contributed by atoms with E-state index >= 15 is 0 Å². The van der Waals surface area contributed by atoms with Gasteiger partial charge >= 0.3 is 4.87 Å². The number of aromatic nitrogens is 3. The van der Waals surface area contributed by atoms with Crippen LogP contribution in [0.3, 0.4) is 0 Å². The number of imidazole rings is 1. The molecule has 0 saturated carbocycles. The number of thiazole rings is 1. The molecular weight excluding hydrogens is 336 g/mol. The Bertz CT molecular complexity index is 938. The fourth-order valence-corrected chi connectivity index (χ4v) is 3.68. The van der Waals surface area contributed by atoms with Crippen molar-refractivity contribution in [1.29, 1.82) is 0 Å². The molecular formula is C18H22N4O2S. The van der Waals surface area contributed by atoms with Crippen molar-refractivity contribution in [1.82, 2.24) is 19.4 Å². The lowest BCUT2D eigenvalue weighted by Crippen LogP contribution is -2.27. The molecule has 0 radical (unpaired) electrons. The van der Waals surface area contributed by atoms with Crippen molar-refractivity contribution >= 4 is 28.3 Å². The molecule has 1 amide bonds. The smallest absolute Gasteiger partial charge is 0.307 e. The Morgan fingerprint density at radius 1 is 1.20 bits per heavy atom. The summed E-state index contributed by atoms with van der Waals surface area (Å²) in [6.07, 6.45) is 1.16. The summed E-state index contributed by atoms with van der Waals surface area (Å²) < 4.78 is 3.82. The Hall–Kier alpha value is -2.41. The predicted octanol–water partition coefficient (Wildman–Crippen LogP) is 2.47. The van der Waals surface area contributed by atoms with E-state index in [1.807, 2.05) is 37.4 Å². The Morgan fingerprint density at radius 2 is 2.00 bits per heavy atom. The number of hydrogen-bond donors (Lipinski definition) is 1. The van der Waals surface area contributed by atoms with E-state index in [2.05, 4.69) is 20.9 Å². The summed E-state index contributed by atoms with van der Waals surface area (Å²) in [4.78, 5) is 28.1. The van der Waals surface area contributed by atoms with Gasteiger partial charge in [0.1, 0.15) is 5.82 Å². The summed E-state index contributed by atoms with van der Waals surface area (Å²) in [5, 5.41) is 4.75. The largest absolute Gasteiger partial charge is 0.356 e. The zero-order valence-corrected chi connectivity index (χ0v) is 15.3. The van der Waals surface area contributed by atoms with Gasteiger partial charge in [0.05, 0.1) is 11.0 Å².